The number of carbonyl (C=O) groups excluding carboxylic acids is 2. The molecule has 194 valence electrons. The first-order chi connectivity index (χ1) is 16.9. The van der Waals surface area contributed by atoms with Crippen molar-refractivity contribution in [2.45, 2.75) is 55.8 Å². The molecule has 0 aromatic heterocycles. The number of benzene rings is 2. The van der Waals surface area contributed by atoms with E-state index in [2.05, 4.69) is 5.32 Å². The SMILES string of the molecule is CCS(=O)(=O)c1cccc(C(=O)N2CCC[C@@H]2C(=O)NC(c2ccc(C(F)(F)F)cc2F)C2CC2)c1. The van der Waals surface area contributed by atoms with Gasteiger partial charge in [0.05, 0.1) is 22.3 Å². The lowest BCUT2D eigenvalue weighted by atomic mass is 9.99. The van der Waals surface area contributed by atoms with E-state index in [1.807, 2.05) is 0 Å². The van der Waals surface area contributed by atoms with E-state index in [1.54, 1.807) is 0 Å². The molecule has 1 saturated heterocycles. The van der Waals surface area contributed by atoms with Crippen LogP contribution in [0.5, 0.6) is 0 Å². The van der Waals surface area contributed by atoms with E-state index >= 15 is 0 Å². The number of rotatable bonds is 7. The van der Waals surface area contributed by atoms with Crippen LogP contribution < -0.4 is 5.32 Å². The van der Waals surface area contributed by atoms with Crippen molar-refractivity contribution < 1.29 is 35.6 Å². The maximum Gasteiger partial charge on any atom is 0.416 e. The number of halogens is 4. The summed E-state index contributed by atoms with van der Waals surface area (Å²) in [7, 11) is -3.53. The number of hydrogen-bond donors (Lipinski definition) is 1. The Bertz CT molecular complexity index is 1280. The van der Waals surface area contributed by atoms with Crippen LogP contribution in [0.25, 0.3) is 0 Å². The van der Waals surface area contributed by atoms with Crippen LogP contribution in [0.4, 0.5) is 17.6 Å². The van der Waals surface area contributed by atoms with Crippen LogP contribution >= 0.6 is 0 Å². The third kappa shape index (κ3) is 5.40. The Morgan fingerprint density at radius 3 is 2.44 bits per heavy atom. The Balaban J connectivity index is 1.54. The molecule has 1 N–H and O–H groups in total. The van der Waals surface area contributed by atoms with Gasteiger partial charge in [0.2, 0.25) is 5.91 Å². The zero-order valence-electron chi connectivity index (χ0n) is 19.5. The zero-order chi connectivity index (χ0) is 26.3. The van der Waals surface area contributed by atoms with Gasteiger partial charge in [0.1, 0.15) is 11.9 Å². The second-order valence-corrected chi connectivity index (χ2v) is 11.4. The summed E-state index contributed by atoms with van der Waals surface area (Å²) in [4.78, 5) is 27.8. The van der Waals surface area contributed by atoms with E-state index in [4.69, 9.17) is 0 Å². The normalized spacial score (nSPS) is 19.2. The van der Waals surface area contributed by atoms with Crippen LogP contribution in [0.1, 0.15) is 60.1 Å². The summed E-state index contributed by atoms with van der Waals surface area (Å²) in [6, 6.07) is 6.26. The lowest BCUT2D eigenvalue weighted by molar-refractivity contribution is -0.137. The minimum absolute atomic E-state index is 0.0163. The Labute approximate surface area is 206 Å². The van der Waals surface area contributed by atoms with Gasteiger partial charge >= 0.3 is 6.18 Å². The molecule has 2 atom stereocenters. The molecular weight excluding hydrogens is 500 g/mol. The monoisotopic (exact) mass is 526 g/mol. The fourth-order valence-corrected chi connectivity index (χ4v) is 5.45. The number of carbonyl (C=O) groups is 2. The van der Waals surface area contributed by atoms with Crippen LogP contribution in [0, 0.1) is 11.7 Å². The highest BCUT2D eigenvalue weighted by atomic mass is 32.2. The van der Waals surface area contributed by atoms with Gasteiger partial charge in [-0.2, -0.15) is 13.2 Å². The Kier molecular flexibility index (Phi) is 7.14. The van der Waals surface area contributed by atoms with Gasteiger partial charge in [-0.15, -0.1) is 0 Å². The molecule has 0 spiro atoms. The second-order valence-electron chi connectivity index (χ2n) is 9.15. The van der Waals surface area contributed by atoms with E-state index in [9.17, 15) is 35.6 Å². The second kappa shape index (κ2) is 9.84. The van der Waals surface area contributed by atoms with Crippen molar-refractivity contribution in [1.29, 1.82) is 0 Å². The molecule has 2 amide bonds. The summed E-state index contributed by atoms with van der Waals surface area (Å²) in [6.45, 7) is 1.78. The lowest BCUT2D eigenvalue weighted by Gasteiger charge is -2.27. The van der Waals surface area contributed by atoms with Gasteiger partial charge in [0, 0.05) is 17.7 Å². The third-order valence-electron chi connectivity index (χ3n) is 6.69. The topological polar surface area (TPSA) is 83.6 Å². The van der Waals surface area contributed by atoms with Gasteiger partial charge in [0.15, 0.2) is 9.84 Å². The van der Waals surface area contributed by atoms with Crippen molar-refractivity contribution in [3.63, 3.8) is 0 Å². The first kappa shape index (κ1) is 26.1. The molecule has 0 bridgehead atoms. The zero-order valence-corrected chi connectivity index (χ0v) is 20.3. The minimum Gasteiger partial charge on any atom is -0.347 e. The molecule has 0 radical (unpaired) electrons. The minimum atomic E-state index is -4.68. The van der Waals surface area contributed by atoms with Crippen molar-refractivity contribution in [3.8, 4) is 0 Å². The number of hydrogen-bond acceptors (Lipinski definition) is 4. The summed E-state index contributed by atoms with van der Waals surface area (Å²) in [5.74, 6) is -2.29. The number of amides is 2. The van der Waals surface area contributed by atoms with Crippen molar-refractivity contribution in [2.24, 2.45) is 5.92 Å². The Morgan fingerprint density at radius 2 is 1.83 bits per heavy atom. The molecular formula is C25H26F4N2O4S. The average molecular weight is 527 g/mol. The number of sulfone groups is 1. The highest BCUT2D eigenvalue weighted by Gasteiger charge is 2.40. The maximum absolute atomic E-state index is 14.7. The van der Waals surface area contributed by atoms with Crippen LogP contribution in [0.3, 0.4) is 0 Å². The largest absolute Gasteiger partial charge is 0.416 e. The summed E-state index contributed by atoms with van der Waals surface area (Å²) in [6.07, 6.45) is -2.40. The van der Waals surface area contributed by atoms with Gasteiger partial charge in [0.25, 0.3) is 5.91 Å². The van der Waals surface area contributed by atoms with Crippen LogP contribution in [-0.2, 0) is 20.8 Å². The third-order valence-corrected chi connectivity index (χ3v) is 8.42. The number of alkyl halides is 3. The standard InChI is InChI=1S/C25H26F4N2O4S/c1-2-36(34,35)18-6-3-5-16(13-18)24(33)31-12-4-7-21(31)23(32)30-22(15-8-9-15)19-11-10-17(14-20(19)26)25(27,28)29/h3,5-6,10-11,13-15,21-22H,2,4,7-9,12H2,1H3,(H,30,32)/t21-,22?/m1/s1. The Morgan fingerprint density at radius 1 is 1.11 bits per heavy atom. The van der Waals surface area contributed by atoms with Crippen LogP contribution in [-0.4, -0.2) is 43.5 Å². The molecule has 2 aromatic carbocycles. The van der Waals surface area contributed by atoms with Gasteiger partial charge in [-0.1, -0.05) is 19.1 Å². The summed E-state index contributed by atoms with van der Waals surface area (Å²) >= 11 is 0. The average Bonchev–Trinajstić information content (AvgIpc) is 3.56. The van der Waals surface area contributed by atoms with Gasteiger partial charge < -0.3 is 10.2 Å². The van der Waals surface area contributed by atoms with Gasteiger partial charge in [-0.05, 0) is 61.9 Å². The van der Waals surface area contributed by atoms with Crippen molar-refractivity contribution in [2.75, 3.05) is 12.3 Å². The molecule has 6 nitrogen and oxygen atoms in total. The number of likely N-dealkylation sites (tertiary alicyclic amines) is 1. The first-order valence-electron chi connectivity index (χ1n) is 11.7. The van der Waals surface area contributed by atoms with E-state index in [1.165, 1.54) is 36.1 Å². The number of nitrogens with zero attached hydrogens (tertiary/aromatic N) is 1. The summed E-state index contributed by atoms with van der Waals surface area (Å²) in [5.41, 5.74) is -0.992. The molecule has 2 fully saturated rings. The van der Waals surface area contributed by atoms with Crippen LogP contribution in [0.15, 0.2) is 47.4 Å². The molecule has 1 heterocycles. The highest BCUT2D eigenvalue weighted by Crippen LogP contribution is 2.43. The maximum atomic E-state index is 14.7. The van der Waals surface area contributed by atoms with E-state index < -0.39 is 51.3 Å². The quantitative estimate of drug-likeness (QED) is 0.539. The fourth-order valence-electron chi connectivity index (χ4n) is 4.52. The van der Waals surface area contributed by atoms with Crippen molar-refractivity contribution in [3.05, 3.63) is 65.0 Å². The van der Waals surface area contributed by atoms with Gasteiger partial charge in [-0.3, -0.25) is 9.59 Å². The lowest BCUT2D eigenvalue weighted by Crippen LogP contribution is -2.47. The Hall–Kier alpha value is -2.95. The molecule has 1 saturated carbocycles. The number of nitrogens with one attached hydrogen (secondary N) is 1. The van der Waals surface area contributed by atoms with E-state index in [0.717, 1.165) is 12.1 Å². The molecule has 4 rings (SSSR count). The van der Waals surface area contributed by atoms with Crippen molar-refractivity contribution >= 4 is 21.7 Å². The molecule has 36 heavy (non-hydrogen) atoms. The molecule has 1 aliphatic heterocycles. The predicted octanol–water partition coefficient (Wildman–Crippen LogP) is 4.51. The van der Waals surface area contributed by atoms with Gasteiger partial charge in [-0.25, -0.2) is 12.8 Å². The predicted molar refractivity (Wildman–Crippen MR) is 123 cm³/mol. The smallest absolute Gasteiger partial charge is 0.347 e. The molecule has 11 heteroatoms. The summed E-state index contributed by atoms with van der Waals surface area (Å²) in [5, 5.41) is 2.77. The summed E-state index contributed by atoms with van der Waals surface area (Å²) < 4.78 is 77.9. The van der Waals surface area contributed by atoms with E-state index in [-0.39, 0.29) is 34.2 Å². The van der Waals surface area contributed by atoms with Crippen LogP contribution in [0.2, 0.25) is 0 Å². The first-order valence-corrected chi connectivity index (χ1v) is 13.4. The molecule has 1 unspecified atom stereocenters. The molecule has 2 aromatic rings. The highest BCUT2D eigenvalue weighted by molar-refractivity contribution is 7.91. The molecule has 2 aliphatic rings. The molecule has 1 aliphatic carbocycles. The van der Waals surface area contributed by atoms with Crippen molar-refractivity contribution in [1.82, 2.24) is 10.2 Å². The van der Waals surface area contributed by atoms with E-state index in [0.29, 0.717) is 31.7 Å². The fraction of sp³-hybridized carbons (Fsp3) is 0.440.